The van der Waals surface area contributed by atoms with E-state index in [0.717, 1.165) is 18.7 Å². The fourth-order valence-electron chi connectivity index (χ4n) is 2.83. The van der Waals surface area contributed by atoms with Gasteiger partial charge in [0, 0.05) is 42.8 Å². The summed E-state index contributed by atoms with van der Waals surface area (Å²) in [6.07, 6.45) is 0. The van der Waals surface area contributed by atoms with Gasteiger partial charge in [0.15, 0.2) is 0 Å². The van der Waals surface area contributed by atoms with Crippen molar-refractivity contribution in [1.82, 2.24) is 9.80 Å². The van der Waals surface area contributed by atoms with Gasteiger partial charge < -0.3 is 5.11 Å². The summed E-state index contributed by atoms with van der Waals surface area (Å²) in [6.45, 7) is 8.40. The van der Waals surface area contributed by atoms with Gasteiger partial charge in [0.1, 0.15) is 11.6 Å². The molecule has 4 heteroatoms. The molecule has 106 valence electrons. The molecule has 1 aliphatic rings. The molecule has 0 aliphatic carbocycles. The standard InChI is InChI=1S/C15H23FN2O/c1-10-8-18(9-11(2)17(10)4)12(3)14-6-5-13(16)7-15(14)19/h5-7,10-12,19H,8-9H2,1-4H3. The molecule has 3 nitrogen and oxygen atoms in total. The van der Waals surface area contributed by atoms with E-state index in [2.05, 4.69) is 37.6 Å². The predicted octanol–water partition coefficient (Wildman–Crippen LogP) is 2.62. The van der Waals surface area contributed by atoms with Crippen LogP contribution in [0, 0.1) is 5.82 Å². The minimum Gasteiger partial charge on any atom is -0.508 e. The number of likely N-dealkylation sites (N-methyl/N-ethyl adjacent to an activating group) is 1. The number of piperazine rings is 1. The van der Waals surface area contributed by atoms with E-state index < -0.39 is 5.82 Å². The molecule has 0 saturated carbocycles. The zero-order valence-corrected chi connectivity index (χ0v) is 12.1. The number of rotatable bonds is 2. The Morgan fingerprint density at radius 3 is 2.37 bits per heavy atom. The molecule has 19 heavy (non-hydrogen) atoms. The van der Waals surface area contributed by atoms with Crippen molar-refractivity contribution in [1.29, 1.82) is 0 Å². The Morgan fingerprint density at radius 1 is 1.26 bits per heavy atom. The van der Waals surface area contributed by atoms with Crippen LogP contribution in [-0.4, -0.2) is 47.1 Å². The monoisotopic (exact) mass is 266 g/mol. The molecule has 0 bridgehead atoms. The van der Waals surface area contributed by atoms with Gasteiger partial charge in [-0.25, -0.2) is 4.39 Å². The number of hydrogen-bond acceptors (Lipinski definition) is 3. The van der Waals surface area contributed by atoms with Gasteiger partial charge in [0.2, 0.25) is 0 Å². The van der Waals surface area contributed by atoms with Crippen LogP contribution in [0.25, 0.3) is 0 Å². The molecule has 0 radical (unpaired) electrons. The zero-order chi connectivity index (χ0) is 14.2. The molecule has 0 spiro atoms. The van der Waals surface area contributed by atoms with Crippen LogP contribution >= 0.6 is 0 Å². The molecule has 1 heterocycles. The van der Waals surface area contributed by atoms with Crippen molar-refractivity contribution in [2.24, 2.45) is 0 Å². The van der Waals surface area contributed by atoms with Crippen LogP contribution in [0.3, 0.4) is 0 Å². The molecule has 1 aliphatic heterocycles. The lowest BCUT2D eigenvalue weighted by atomic mass is 10.0. The Bertz CT molecular complexity index is 440. The van der Waals surface area contributed by atoms with Crippen LogP contribution in [-0.2, 0) is 0 Å². The van der Waals surface area contributed by atoms with Crippen LogP contribution in [0.15, 0.2) is 18.2 Å². The van der Waals surface area contributed by atoms with Gasteiger partial charge in [0.25, 0.3) is 0 Å². The van der Waals surface area contributed by atoms with Gasteiger partial charge in [-0.2, -0.15) is 0 Å². The van der Waals surface area contributed by atoms with E-state index in [-0.39, 0.29) is 11.8 Å². The van der Waals surface area contributed by atoms with E-state index in [4.69, 9.17) is 0 Å². The summed E-state index contributed by atoms with van der Waals surface area (Å²) in [6, 6.07) is 5.34. The van der Waals surface area contributed by atoms with Crippen LogP contribution in [0.1, 0.15) is 32.4 Å². The van der Waals surface area contributed by atoms with Crippen LogP contribution in [0.2, 0.25) is 0 Å². The summed E-state index contributed by atoms with van der Waals surface area (Å²) < 4.78 is 13.0. The van der Waals surface area contributed by atoms with Gasteiger partial charge in [-0.1, -0.05) is 6.07 Å². The van der Waals surface area contributed by atoms with Gasteiger partial charge in [-0.3, -0.25) is 9.80 Å². The first-order valence-electron chi connectivity index (χ1n) is 6.84. The Labute approximate surface area is 114 Å². The zero-order valence-electron chi connectivity index (χ0n) is 12.1. The lowest BCUT2D eigenvalue weighted by Gasteiger charge is -2.45. The molecule has 1 N–H and O–H groups in total. The molecular weight excluding hydrogens is 243 g/mol. The predicted molar refractivity (Wildman–Crippen MR) is 74.7 cm³/mol. The molecule has 0 aromatic heterocycles. The van der Waals surface area contributed by atoms with Crippen molar-refractivity contribution in [3.8, 4) is 5.75 Å². The summed E-state index contributed by atoms with van der Waals surface area (Å²) in [5, 5.41) is 9.90. The molecule has 1 aromatic rings. The Hall–Kier alpha value is -1.13. The highest BCUT2D eigenvalue weighted by molar-refractivity contribution is 5.35. The highest BCUT2D eigenvalue weighted by Crippen LogP contribution is 2.31. The molecule has 1 saturated heterocycles. The van der Waals surface area contributed by atoms with Crippen LogP contribution in [0.4, 0.5) is 4.39 Å². The highest BCUT2D eigenvalue weighted by Gasteiger charge is 2.30. The van der Waals surface area contributed by atoms with Crippen LogP contribution in [0.5, 0.6) is 5.75 Å². The number of benzene rings is 1. The molecule has 0 amide bonds. The van der Waals surface area contributed by atoms with E-state index >= 15 is 0 Å². The van der Waals surface area contributed by atoms with E-state index in [0.29, 0.717) is 12.1 Å². The number of hydrogen-bond donors (Lipinski definition) is 1. The topological polar surface area (TPSA) is 26.7 Å². The maximum absolute atomic E-state index is 13.0. The third-order valence-corrected chi connectivity index (χ3v) is 4.38. The summed E-state index contributed by atoms with van der Waals surface area (Å²) in [5.41, 5.74) is 0.797. The average Bonchev–Trinajstić information content (AvgIpc) is 2.34. The van der Waals surface area contributed by atoms with Gasteiger partial charge in [-0.05, 0) is 33.9 Å². The second kappa shape index (κ2) is 5.47. The minimum absolute atomic E-state index is 0.0479. The van der Waals surface area contributed by atoms with Crippen molar-refractivity contribution in [2.75, 3.05) is 20.1 Å². The van der Waals surface area contributed by atoms with E-state index in [1.54, 1.807) is 6.07 Å². The van der Waals surface area contributed by atoms with Gasteiger partial charge in [0.05, 0.1) is 0 Å². The average molecular weight is 266 g/mol. The van der Waals surface area contributed by atoms with Crippen molar-refractivity contribution in [3.05, 3.63) is 29.6 Å². The second-order valence-corrected chi connectivity index (χ2v) is 5.70. The maximum atomic E-state index is 13.0. The van der Waals surface area contributed by atoms with Crippen molar-refractivity contribution in [3.63, 3.8) is 0 Å². The molecule has 2 rings (SSSR count). The van der Waals surface area contributed by atoms with Crippen molar-refractivity contribution in [2.45, 2.75) is 38.9 Å². The first-order valence-corrected chi connectivity index (χ1v) is 6.84. The van der Waals surface area contributed by atoms with Gasteiger partial charge >= 0.3 is 0 Å². The third kappa shape index (κ3) is 2.90. The largest absolute Gasteiger partial charge is 0.508 e. The fourth-order valence-corrected chi connectivity index (χ4v) is 2.83. The van der Waals surface area contributed by atoms with E-state index in [1.165, 1.54) is 12.1 Å². The highest BCUT2D eigenvalue weighted by atomic mass is 19.1. The molecule has 1 fully saturated rings. The smallest absolute Gasteiger partial charge is 0.126 e. The minimum atomic E-state index is -0.395. The lowest BCUT2D eigenvalue weighted by Crippen LogP contribution is -2.55. The molecular formula is C15H23FN2O. The first-order chi connectivity index (χ1) is 8.90. The Morgan fingerprint density at radius 2 is 1.84 bits per heavy atom. The van der Waals surface area contributed by atoms with Crippen molar-refractivity contribution >= 4 is 0 Å². The van der Waals surface area contributed by atoms with Gasteiger partial charge in [-0.15, -0.1) is 0 Å². The summed E-state index contributed by atoms with van der Waals surface area (Å²) in [5.74, 6) is -0.347. The number of halogens is 1. The van der Waals surface area contributed by atoms with Crippen molar-refractivity contribution < 1.29 is 9.50 Å². The third-order valence-electron chi connectivity index (χ3n) is 4.38. The second-order valence-electron chi connectivity index (χ2n) is 5.70. The van der Waals surface area contributed by atoms with E-state index in [9.17, 15) is 9.50 Å². The number of phenols is 1. The summed E-state index contributed by atoms with van der Waals surface area (Å²) >= 11 is 0. The maximum Gasteiger partial charge on any atom is 0.126 e. The number of aromatic hydroxyl groups is 1. The summed E-state index contributed by atoms with van der Waals surface area (Å²) in [7, 11) is 2.15. The van der Waals surface area contributed by atoms with Crippen LogP contribution < -0.4 is 0 Å². The molecule has 3 atom stereocenters. The number of nitrogens with zero attached hydrogens (tertiary/aromatic N) is 2. The first kappa shape index (κ1) is 14.3. The van der Waals surface area contributed by atoms with E-state index in [1.807, 2.05) is 0 Å². The summed E-state index contributed by atoms with van der Waals surface area (Å²) in [4.78, 5) is 4.72. The molecule has 1 aromatic carbocycles. The number of phenolic OH excluding ortho intramolecular Hbond substituents is 1. The Balaban J connectivity index is 2.17. The fraction of sp³-hybridized carbons (Fsp3) is 0.600. The quantitative estimate of drug-likeness (QED) is 0.891. The lowest BCUT2D eigenvalue weighted by molar-refractivity contribution is 0.0371. The SMILES string of the molecule is CC(c1ccc(F)cc1O)N1CC(C)N(C)C(C)C1. The molecule has 3 unspecified atom stereocenters. The normalized spacial score (nSPS) is 27.4. The Kier molecular flexibility index (Phi) is 4.11.